The van der Waals surface area contributed by atoms with Gasteiger partial charge in [-0.05, 0) is 44.9 Å². The zero-order chi connectivity index (χ0) is 15.5. The molecule has 0 spiro atoms. The summed E-state index contributed by atoms with van der Waals surface area (Å²) in [6.45, 7) is 11.0. The summed E-state index contributed by atoms with van der Waals surface area (Å²) >= 11 is 0. The summed E-state index contributed by atoms with van der Waals surface area (Å²) < 4.78 is 5.69. The van der Waals surface area contributed by atoms with E-state index in [9.17, 15) is 4.79 Å². The number of amides is 1. The van der Waals surface area contributed by atoms with E-state index in [1.165, 1.54) is 0 Å². The number of hydrogen-bond donors (Lipinski definition) is 1. The average Bonchev–Trinajstić information content (AvgIpc) is 2.43. The molecule has 1 heterocycles. The van der Waals surface area contributed by atoms with Crippen LogP contribution in [0.15, 0.2) is 18.2 Å². The number of aryl methyl sites for hydroxylation is 1. The molecule has 21 heavy (non-hydrogen) atoms. The number of nitrogens with one attached hydrogen (secondary N) is 1. The number of ether oxygens (including phenoxy) is 1. The summed E-state index contributed by atoms with van der Waals surface area (Å²) in [6.07, 6.45) is 1.03. The molecule has 4 nitrogen and oxygen atoms in total. The van der Waals surface area contributed by atoms with Gasteiger partial charge < -0.3 is 15.0 Å². The van der Waals surface area contributed by atoms with Crippen molar-refractivity contribution in [1.82, 2.24) is 4.90 Å². The van der Waals surface area contributed by atoms with Crippen molar-refractivity contribution in [2.45, 2.75) is 39.7 Å². The molecule has 1 N–H and O–H groups in total. The van der Waals surface area contributed by atoms with Gasteiger partial charge in [-0.1, -0.05) is 13.0 Å². The second-order valence-corrected chi connectivity index (χ2v) is 6.31. The molecule has 1 fully saturated rings. The van der Waals surface area contributed by atoms with Gasteiger partial charge in [0, 0.05) is 25.3 Å². The summed E-state index contributed by atoms with van der Waals surface area (Å²) in [6, 6.07) is 5.97. The standard InChI is InChI=1S/C17H26N2O2/c1-5-8-18-15-11-13(2)6-7-14(15)16(20)19-9-10-21-17(3,4)12-19/h6-7,11,18H,5,8-10,12H2,1-4H3. The highest BCUT2D eigenvalue weighted by molar-refractivity contribution is 5.99. The van der Waals surface area contributed by atoms with Crippen LogP contribution in [0.25, 0.3) is 0 Å². The van der Waals surface area contributed by atoms with E-state index >= 15 is 0 Å². The third-order valence-corrected chi connectivity index (χ3v) is 3.68. The van der Waals surface area contributed by atoms with Crippen LogP contribution < -0.4 is 5.32 Å². The number of morpholine rings is 1. The Morgan fingerprint density at radius 1 is 1.43 bits per heavy atom. The van der Waals surface area contributed by atoms with Crippen molar-refractivity contribution in [3.05, 3.63) is 29.3 Å². The first kappa shape index (κ1) is 15.8. The molecule has 2 rings (SSSR count). The van der Waals surface area contributed by atoms with Crippen molar-refractivity contribution in [3.8, 4) is 0 Å². The van der Waals surface area contributed by atoms with Gasteiger partial charge in [0.1, 0.15) is 0 Å². The summed E-state index contributed by atoms with van der Waals surface area (Å²) in [7, 11) is 0. The molecular formula is C17H26N2O2. The summed E-state index contributed by atoms with van der Waals surface area (Å²) in [5.41, 5.74) is 2.58. The Hall–Kier alpha value is -1.55. The van der Waals surface area contributed by atoms with E-state index in [-0.39, 0.29) is 11.5 Å². The molecule has 0 aliphatic carbocycles. The maximum atomic E-state index is 12.8. The van der Waals surface area contributed by atoms with E-state index in [0.717, 1.165) is 29.8 Å². The highest BCUT2D eigenvalue weighted by Crippen LogP contribution is 2.23. The van der Waals surface area contributed by atoms with Crippen molar-refractivity contribution in [2.24, 2.45) is 0 Å². The van der Waals surface area contributed by atoms with Gasteiger partial charge in [0.15, 0.2) is 0 Å². The van der Waals surface area contributed by atoms with Gasteiger partial charge in [0.25, 0.3) is 5.91 Å². The molecule has 0 radical (unpaired) electrons. The number of carbonyl (C=O) groups excluding carboxylic acids is 1. The van der Waals surface area contributed by atoms with E-state index < -0.39 is 0 Å². The number of carbonyl (C=O) groups is 1. The Kier molecular flexibility index (Phi) is 4.88. The monoisotopic (exact) mass is 290 g/mol. The quantitative estimate of drug-likeness (QED) is 0.926. The Morgan fingerprint density at radius 2 is 2.19 bits per heavy atom. The van der Waals surface area contributed by atoms with Crippen LogP contribution >= 0.6 is 0 Å². The normalized spacial score (nSPS) is 17.6. The second-order valence-electron chi connectivity index (χ2n) is 6.31. The molecule has 1 amide bonds. The third-order valence-electron chi connectivity index (χ3n) is 3.68. The van der Waals surface area contributed by atoms with E-state index in [1.807, 2.05) is 37.8 Å². The molecule has 116 valence electrons. The van der Waals surface area contributed by atoms with E-state index in [2.05, 4.69) is 18.3 Å². The minimum absolute atomic E-state index is 0.0879. The Morgan fingerprint density at radius 3 is 2.86 bits per heavy atom. The van der Waals surface area contributed by atoms with Crippen LogP contribution in [0.2, 0.25) is 0 Å². The molecular weight excluding hydrogens is 264 g/mol. The van der Waals surface area contributed by atoms with Crippen molar-refractivity contribution in [1.29, 1.82) is 0 Å². The minimum atomic E-state index is -0.268. The lowest BCUT2D eigenvalue weighted by molar-refractivity contribution is -0.0763. The van der Waals surface area contributed by atoms with Gasteiger partial charge in [0.05, 0.1) is 17.8 Å². The molecule has 0 atom stereocenters. The van der Waals surface area contributed by atoms with Gasteiger partial charge in [-0.2, -0.15) is 0 Å². The number of hydrogen-bond acceptors (Lipinski definition) is 3. The first-order valence-corrected chi connectivity index (χ1v) is 7.71. The van der Waals surface area contributed by atoms with Gasteiger partial charge in [-0.3, -0.25) is 4.79 Å². The van der Waals surface area contributed by atoms with Gasteiger partial charge in [-0.15, -0.1) is 0 Å². The fraction of sp³-hybridized carbons (Fsp3) is 0.588. The Balaban J connectivity index is 2.21. The smallest absolute Gasteiger partial charge is 0.256 e. The predicted molar refractivity (Wildman–Crippen MR) is 85.9 cm³/mol. The van der Waals surface area contributed by atoms with Crippen LogP contribution in [-0.4, -0.2) is 42.6 Å². The van der Waals surface area contributed by atoms with E-state index in [1.54, 1.807) is 0 Å². The van der Waals surface area contributed by atoms with Gasteiger partial charge in [0.2, 0.25) is 0 Å². The van der Waals surface area contributed by atoms with E-state index in [4.69, 9.17) is 4.74 Å². The van der Waals surface area contributed by atoms with Crippen LogP contribution in [0.4, 0.5) is 5.69 Å². The summed E-state index contributed by atoms with van der Waals surface area (Å²) in [4.78, 5) is 14.7. The van der Waals surface area contributed by atoms with Crippen molar-refractivity contribution < 1.29 is 9.53 Å². The van der Waals surface area contributed by atoms with Crippen molar-refractivity contribution in [3.63, 3.8) is 0 Å². The largest absolute Gasteiger partial charge is 0.384 e. The maximum Gasteiger partial charge on any atom is 0.256 e. The molecule has 0 saturated carbocycles. The number of rotatable bonds is 4. The number of anilines is 1. The molecule has 1 saturated heterocycles. The Labute approximate surface area is 127 Å². The first-order valence-electron chi connectivity index (χ1n) is 7.71. The summed E-state index contributed by atoms with van der Waals surface area (Å²) in [5.74, 6) is 0.0879. The maximum absolute atomic E-state index is 12.8. The minimum Gasteiger partial charge on any atom is -0.384 e. The number of nitrogens with zero attached hydrogens (tertiary/aromatic N) is 1. The molecule has 4 heteroatoms. The third kappa shape index (κ3) is 3.97. The van der Waals surface area contributed by atoms with Crippen molar-refractivity contribution >= 4 is 11.6 Å². The van der Waals surface area contributed by atoms with Gasteiger partial charge >= 0.3 is 0 Å². The first-order chi connectivity index (χ1) is 9.93. The second kappa shape index (κ2) is 6.48. The van der Waals surface area contributed by atoms with Crippen LogP contribution in [0.1, 0.15) is 43.1 Å². The zero-order valence-electron chi connectivity index (χ0n) is 13.5. The number of benzene rings is 1. The fourth-order valence-electron chi connectivity index (χ4n) is 2.61. The molecule has 1 aliphatic heterocycles. The SMILES string of the molecule is CCCNc1cc(C)ccc1C(=O)N1CCOC(C)(C)C1. The molecule has 0 unspecified atom stereocenters. The Bertz CT molecular complexity index is 512. The van der Waals surface area contributed by atoms with Gasteiger partial charge in [-0.25, -0.2) is 0 Å². The lowest BCUT2D eigenvalue weighted by Gasteiger charge is -2.38. The highest BCUT2D eigenvalue weighted by Gasteiger charge is 2.31. The van der Waals surface area contributed by atoms with Crippen LogP contribution in [0, 0.1) is 6.92 Å². The van der Waals surface area contributed by atoms with Crippen molar-refractivity contribution in [2.75, 3.05) is 31.6 Å². The lowest BCUT2D eigenvalue weighted by Crippen LogP contribution is -2.50. The molecule has 0 aromatic heterocycles. The topological polar surface area (TPSA) is 41.6 Å². The van der Waals surface area contributed by atoms with Crippen LogP contribution in [0.5, 0.6) is 0 Å². The van der Waals surface area contributed by atoms with E-state index in [0.29, 0.717) is 19.7 Å². The summed E-state index contributed by atoms with van der Waals surface area (Å²) in [5, 5.41) is 3.37. The zero-order valence-corrected chi connectivity index (χ0v) is 13.5. The predicted octanol–water partition coefficient (Wildman–Crippen LogP) is 3.07. The molecule has 1 aliphatic rings. The molecule has 1 aromatic carbocycles. The molecule has 0 bridgehead atoms. The lowest BCUT2D eigenvalue weighted by atomic mass is 10.0. The highest BCUT2D eigenvalue weighted by atomic mass is 16.5. The fourth-order valence-corrected chi connectivity index (χ4v) is 2.61. The van der Waals surface area contributed by atoms with Crippen LogP contribution in [0.3, 0.4) is 0 Å². The van der Waals surface area contributed by atoms with Crippen LogP contribution in [-0.2, 0) is 4.74 Å². The average molecular weight is 290 g/mol. The molecule has 1 aromatic rings.